The Morgan fingerprint density at radius 3 is 2.57 bits per heavy atom. The monoisotopic (exact) mass is 399 g/mol. The molecule has 0 saturated heterocycles. The van der Waals surface area contributed by atoms with Gasteiger partial charge in [0.05, 0.1) is 6.04 Å². The predicted octanol–water partition coefficient (Wildman–Crippen LogP) is 2.91. The highest BCUT2D eigenvalue weighted by atomic mass is 35.5. The number of nitrogens with two attached hydrogens (primary N) is 1. The number of imidazole rings is 1. The Labute approximate surface area is 167 Å². The summed E-state index contributed by atoms with van der Waals surface area (Å²) in [6.45, 7) is 5.70. The van der Waals surface area contributed by atoms with Crippen molar-refractivity contribution in [2.75, 3.05) is 0 Å². The van der Waals surface area contributed by atoms with Crippen LogP contribution in [0.1, 0.15) is 52.4 Å². The van der Waals surface area contributed by atoms with E-state index in [0.717, 1.165) is 22.5 Å². The van der Waals surface area contributed by atoms with Gasteiger partial charge in [-0.2, -0.15) is 0 Å². The molecule has 0 spiro atoms. The molecule has 3 N–H and O–H groups in total. The summed E-state index contributed by atoms with van der Waals surface area (Å²) in [6.07, 6.45) is 2.39. The highest BCUT2D eigenvalue weighted by molar-refractivity contribution is 6.30. The zero-order chi connectivity index (χ0) is 20.4. The van der Waals surface area contributed by atoms with Crippen LogP contribution in [-0.4, -0.2) is 26.2 Å². The molecule has 0 bridgehead atoms. The molecule has 3 rings (SSSR count). The molecule has 2 aromatic heterocycles. The zero-order valence-electron chi connectivity index (χ0n) is 16.0. The Hall–Kier alpha value is -2.93. The second kappa shape index (κ2) is 7.98. The van der Waals surface area contributed by atoms with E-state index in [1.165, 1.54) is 6.33 Å². The number of hydrogen-bond donors (Lipinski definition) is 2. The van der Waals surface area contributed by atoms with Crippen LogP contribution in [0.25, 0.3) is 5.65 Å². The molecule has 146 valence electrons. The average Bonchev–Trinajstić information content (AvgIpc) is 3.06. The summed E-state index contributed by atoms with van der Waals surface area (Å²) in [4.78, 5) is 32.4. The molecule has 0 aliphatic carbocycles. The molecule has 0 saturated carbocycles. The number of nitrogens with zero attached hydrogens (tertiary/aromatic N) is 3. The number of carbonyl (C=O) groups is 2. The Kier molecular flexibility index (Phi) is 5.65. The van der Waals surface area contributed by atoms with Gasteiger partial charge >= 0.3 is 0 Å². The van der Waals surface area contributed by atoms with Crippen molar-refractivity contribution >= 4 is 29.1 Å². The fourth-order valence-corrected chi connectivity index (χ4v) is 3.38. The number of benzene rings is 1. The fraction of sp³-hybridized carbons (Fsp3) is 0.300. The normalized spacial score (nSPS) is 12.1. The van der Waals surface area contributed by atoms with E-state index in [1.54, 1.807) is 16.5 Å². The van der Waals surface area contributed by atoms with Crippen molar-refractivity contribution in [1.29, 1.82) is 0 Å². The van der Waals surface area contributed by atoms with Gasteiger partial charge in [0, 0.05) is 22.8 Å². The summed E-state index contributed by atoms with van der Waals surface area (Å²) in [5.74, 6) is -0.665. The number of rotatable bonds is 6. The second-order valence-corrected chi connectivity index (χ2v) is 7.19. The van der Waals surface area contributed by atoms with Crippen LogP contribution in [0, 0.1) is 13.8 Å². The van der Waals surface area contributed by atoms with E-state index in [-0.39, 0.29) is 17.6 Å². The smallest absolute Gasteiger partial charge is 0.271 e. The SMILES string of the molecule is Cc1nc2c(C(N)=O)ncn2c(C)c1CCC(=O)NC(C)c1ccc(Cl)cc1. The highest BCUT2D eigenvalue weighted by Gasteiger charge is 2.17. The van der Waals surface area contributed by atoms with Crippen LogP contribution in [0.5, 0.6) is 0 Å². The Bertz CT molecular complexity index is 1040. The minimum absolute atomic E-state index is 0.0511. The number of amides is 2. The maximum absolute atomic E-state index is 12.4. The maximum atomic E-state index is 12.4. The van der Waals surface area contributed by atoms with Crippen molar-refractivity contribution in [3.05, 3.63) is 63.8 Å². The number of carbonyl (C=O) groups excluding carboxylic acids is 2. The van der Waals surface area contributed by atoms with Crippen LogP contribution in [0.3, 0.4) is 0 Å². The second-order valence-electron chi connectivity index (χ2n) is 6.75. The fourth-order valence-electron chi connectivity index (χ4n) is 3.25. The Balaban J connectivity index is 1.71. The van der Waals surface area contributed by atoms with Crippen molar-refractivity contribution in [1.82, 2.24) is 19.7 Å². The standard InChI is InChI=1S/C20H22ClN5O2/c1-11(14-4-6-15(21)7-5-14)24-17(27)9-8-16-12(2)25-20-18(19(22)28)23-10-26(20)13(16)3/h4-7,10-11H,8-9H2,1-3H3,(H2,22,28)(H,24,27). The van der Waals surface area contributed by atoms with Gasteiger partial charge in [-0.15, -0.1) is 0 Å². The van der Waals surface area contributed by atoms with Crippen LogP contribution in [-0.2, 0) is 11.2 Å². The number of primary amides is 1. The lowest BCUT2D eigenvalue weighted by Crippen LogP contribution is -2.27. The minimum atomic E-state index is -0.614. The quantitative estimate of drug-likeness (QED) is 0.665. The number of aryl methyl sites for hydroxylation is 2. The first-order valence-electron chi connectivity index (χ1n) is 8.95. The molecular weight excluding hydrogens is 378 g/mol. The van der Waals surface area contributed by atoms with Gasteiger partial charge in [0.2, 0.25) is 5.91 Å². The van der Waals surface area contributed by atoms with E-state index >= 15 is 0 Å². The van der Waals surface area contributed by atoms with Gasteiger partial charge in [0.25, 0.3) is 5.91 Å². The average molecular weight is 400 g/mol. The summed E-state index contributed by atoms with van der Waals surface area (Å²) >= 11 is 5.90. The third-order valence-electron chi connectivity index (χ3n) is 4.83. The first kappa shape index (κ1) is 19.8. The van der Waals surface area contributed by atoms with Crippen molar-refractivity contribution in [2.45, 2.75) is 39.7 Å². The first-order chi connectivity index (χ1) is 13.3. The number of hydrogen-bond acceptors (Lipinski definition) is 4. The number of nitrogens with one attached hydrogen (secondary N) is 1. The lowest BCUT2D eigenvalue weighted by molar-refractivity contribution is -0.121. The van der Waals surface area contributed by atoms with Gasteiger partial charge in [-0.25, -0.2) is 9.97 Å². The van der Waals surface area contributed by atoms with Gasteiger partial charge in [0.15, 0.2) is 11.3 Å². The molecule has 28 heavy (non-hydrogen) atoms. The summed E-state index contributed by atoms with van der Waals surface area (Å²) in [5.41, 5.74) is 9.52. The molecule has 0 radical (unpaired) electrons. The van der Waals surface area contributed by atoms with Crippen molar-refractivity contribution in [3.63, 3.8) is 0 Å². The molecular formula is C20H22ClN5O2. The Morgan fingerprint density at radius 2 is 1.93 bits per heavy atom. The minimum Gasteiger partial charge on any atom is -0.364 e. The lowest BCUT2D eigenvalue weighted by Gasteiger charge is -2.15. The molecule has 0 aliphatic rings. The molecule has 2 heterocycles. The molecule has 1 unspecified atom stereocenters. The van der Waals surface area contributed by atoms with Gasteiger partial charge < -0.3 is 11.1 Å². The van der Waals surface area contributed by atoms with E-state index in [4.69, 9.17) is 17.3 Å². The van der Waals surface area contributed by atoms with E-state index in [1.807, 2.05) is 32.9 Å². The molecule has 0 aliphatic heterocycles. The third kappa shape index (κ3) is 3.99. The van der Waals surface area contributed by atoms with Crippen molar-refractivity contribution < 1.29 is 9.59 Å². The van der Waals surface area contributed by atoms with Crippen LogP contribution < -0.4 is 11.1 Å². The molecule has 0 fully saturated rings. The molecule has 1 atom stereocenters. The summed E-state index contributed by atoms with van der Waals surface area (Å²) in [5, 5.41) is 3.66. The van der Waals surface area contributed by atoms with Gasteiger partial charge in [0.1, 0.15) is 6.33 Å². The van der Waals surface area contributed by atoms with Crippen molar-refractivity contribution in [2.24, 2.45) is 5.73 Å². The largest absolute Gasteiger partial charge is 0.364 e. The number of aromatic nitrogens is 3. The zero-order valence-corrected chi connectivity index (χ0v) is 16.7. The number of fused-ring (bicyclic) bond motifs is 1. The van der Waals surface area contributed by atoms with Crippen LogP contribution >= 0.6 is 11.6 Å². The molecule has 8 heteroatoms. The van der Waals surface area contributed by atoms with E-state index in [9.17, 15) is 9.59 Å². The van der Waals surface area contributed by atoms with Crippen molar-refractivity contribution in [3.8, 4) is 0 Å². The van der Waals surface area contributed by atoms with E-state index in [0.29, 0.717) is 23.5 Å². The van der Waals surface area contributed by atoms with Gasteiger partial charge in [-0.3, -0.25) is 14.0 Å². The summed E-state index contributed by atoms with van der Waals surface area (Å²) in [7, 11) is 0. The molecule has 7 nitrogen and oxygen atoms in total. The summed E-state index contributed by atoms with van der Waals surface area (Å²) < 4.78 is 1.73. The van der Waals surface area contributed by atoms with E-state index < -0.39 is 5.91 Å². The first-order valence-corrected chi connectivity index (χ1v) is 9.33. The molecule has 3 aromatic rings. The topological polar surface area (TPSA) is 102 Å². The lowest BCUT2D eigenvalue weighted by atomic mass is 10.0. The molecule has 1 aromatic carbocycles. The van der Waals surface area contributed by atoms with Gasteiger partial charge in [-0.1, -0.05) is 23.7 Å². The van der Waals surface area contributed by atoms with Crippen LogP contribution in [0.2, 0.25) is 5.02 Å². The summed E-state index contributed by atoms with van der Waals surface area (Å²) in [6, 6.07) is 7.29. The maximum Gasteiger partial charge on any atom is 0.271 e. The van der Waals surface area contributed by atoms with Gasteiger partial charge in [-0.05, 0) is 50.5 Å². The van der Waals surface area contributed by atoms with Crippen LogP contribution in [0.15, 0.2) is 30.6 Å². The Morgan fingerprint density at radius 1 is 1.25 bits per heavy atom. The molecule has 2 amide bonds. The predicted molar refractivity (Wildman–Crippen MR) is 107 cm³/mol. The number of halogens is 1. The highest BCUT2D eigenvalue weighted by Crippen LogP contribution is 2.19. The third-order valence-corrected chi connectivity index (χ3v) is 5.09. The van der Waals surface area contributed by atoms with E-state index in [2.05, 4.69) is 15.3 Å². The van der Waals surface area contributed by atoms with Crippen LogP contribution in [0.4, 0.5) is 0 Å².